The maximum atomic E-state index is 12.5. The first-order chi connectivity index (χ1) is 8.22. The molecule has 2 rings (SSSR count). The summed E-state index contributed by atoms with van der Waals surface area (Å²) in [6.45, 7) is 3.35. The van der Waals surface area contributed by atoms with Gasteiger partial charge < -0.3 is 15.5 Å². The van der Waals surface area contributed by atoms with Crippen molar-refractivity contribution in [3.05, 3.63) is 0 Å². The molecule has 1 saturated heterocycles. The fourth-order valence-electron chi connectivity index (χ4n) is 3.09. The van der Waals surface area contributed by atoms with Crippen molar-refractivity contribution in [3.63, 3.8) is 0 Å². The van der Waals surface area contributed by atoms with E-state index in [0.717, 1.165) is 32.5 Å². The van der Waals surface area contributed by atoms with Crippen molar-refractivity contribution >= 4 is 5.91 Å². The lowest BCUT2D eigenvalue weighted by Crippen LogP contribution is -2.58. The van der Waals surface area contributed by atoms with Crippen molar-refractivity contribution in [1.82, 2.24) is 9.80 Å². The molecular formula is C13H25N3O. The van der Waals surface area contributed by atoms with Gasteiger partial charge in [-0.2, -0.15) is 0 Å². The van der Waals surface area contributed by atoms with Crippen LogP contribution in [0.1, 0.15) is 32.1 Å². The first-order valence-corrected chi connectivity index (χ1v) is 6.91. The Bertz CT molecular complexity index is 263. The Hall–Kier alpha value is -0.610. The summed E-state index contributed by atoms with van der Waals surface area (Å²) in [5.74, 6) is 0.648. The van der Waals surface area contributed by atoms with E-state index in [1.165, 1.54) is 19.3 Å². The van der Waals surface area contributed by atoms with Crippen molar-refractivity contribution in [2.75, 3.05) is 33.2 Å². The summed E-state index contributed by atoms with van der Waals surface area (Å²) in [6, 6.07) is 0.225. The molecule has 2 N–H and O–H groups in total. The van der Waals surface area contributed by atoms with Gasteiger partial charge in [0.2, 0.25) is 5.91 Å². The molecule has 0 radical (unpaired) electrons. The van der Waals surface area contributed by atoms with Crippen molar-refractivity contribution in [2.45, 2.75) is 38.1 Å². The molecule has 1 aliphatic carbocycles. The third-order valence-corrected chi connectivity index (χ3v) is 4.20. The van der Waals surface area contributed by atoms with Gasteiger partial charge in [0.25, 0.3) is 0 Å². The number of piperazine rings is 1. The number of amides is 1. The molecule has 17 heavy (non-hydrogen) atoms. The Morgan fingerprint density at radius 2 is 1.94 bits per heavy atom. The lowest BCUT2D eigenvalue weighted by atomic mass is 9.87. The smallest absolute Gasteiger partial charge is 0.226 e. The van der Waals surface area contributed by atoms with Gasteiger partial charge in [-0.15, -0.1) is 0 Å². The van der Waals surface area contributed by atoms with Crippen LogP contribution in [0.5, 0.6) is 0 Å². The van der Waals surface area contributed by atoms with Gasteiger partial charge in [-0.3, -0.25) is 4.79 Å². The summed E-state index contributed by atoms with van der Waals surface area (Å²) in [5.41, 5.74) is 5.80. The lowest BCUT2D eigenvalue weighted by molar-refractivity contribution is -0.141. The molecule has 1 amide bonds. The van der Waals surface area contributed by atoms with E-state index < -0.39 is 0 Å². The molecule has 2 fully saturated rings. The van der Waals surface area contributed by atoms with Crippen LogP contribution >= 0.6 is 0 Å². The van der Waals surface area contributed by atoms with Crippen LogP contribution < -0.4 is 5.73 Å². The van der Waals surface area contributed by atoms with Crippen LogP contribution in [-0.2, 0) is 4.79 Å². The van der Waals surface area contributed by atoms with Gasteiger partial charge in [-0.25, -0.2) is 0 Å². The topological polar surface area (TPSA) is 49.6 Å². The van der Waals surface area contributed by atoms with E-state index in [0.29, 0.717) is 12.5 Å². The quantitative estimate of drug-likeness (QED) is 0.770. The molecule has 98 valence electrons. The van der Waals surface area contributed by atoms with Crippen LogP contribution in [0, 0.1) is 5.92 Å². The number of hydrogen-bond donors (Lipinski definition) is 1. The zero-order valence-corrected chi connectivity index (χ0v) is 10.9. The normalized spacial score (nSPS) is 28.4. The van der Waals surface area contributed by atoms with E-state index in [9.17, 15) is 4.79 Å². The van der Waals surface area contributed by atoms with Crippen molar-refractivity contribution < 1.29 is 4.79 Å². The Labute approximate surface area is 104 Å². The molecule has 2 aliphatic rings. The number of likely N-dealkylation sites (N-methyl/N-ethyl adjacent to an activating group) is 1. The molecule has 1 heterocycles. The minimum Gasteiger partial charge on any atom is -0.336 e. The van der Waals surface area contributed by atoms with E-state index in [1.54, 1.807) is 0 Å². The largest absolute Gasteiger partial charge is 0.336 e. The highest BCUT2D eigenvalue weighted by Gasteiger charge is 2.32. The predicted molar refractivity (Wildman–Crippen MR) is 68.6 cm³/mol. The van der Waals surface area contributed by atoms with Gasteiger partial charge in [-0.05, 0) is 19.9 Å². The third kappa shape index (κ3) is 2.99. The fourth-order valence-corrected chi connectivity index (χ4v) is 3.09. The van der Waals surface area contributed by atoms with E-state index in [-0.39, 0.29) is 12.0 Å². The van der Waals surface area contributed by atoms with Crippen LogP contribution in [0.4, 0.5) is 0 Å². The van der Waals surface area contributed by atoms with E-state index in [4.69, 9.17) is 5.73 Å². The van der Waals surface area contributed by atoms with Crippen molar-refractivity contribution in [3.8, 4) is 0 Å². The van der Waals surface area contributed by atoms with Crippen LogP contribution in [0.15, 0.2) is 0 Å². The molecule has 1 unspecified atom stereocenters. The molecule has 1 atom stereocenters. The molecule has 0 bridgehead atoms. The second-order valence-electron chi connectivity index (χ2n) is 5.52. The average Bonchev–Trinajstić information content (AvgIpc) is 2.39. The number of carbonyl (C=O) groups excluding carboxylic acids is 1. The third-order valence-electron chi connectivity index (χ3n) is 4.20. The highest BCUT2D eigenvalue weighted by atomic mass is 16.2. The average molecular weight is 239 g/mol. The molecule has 0 aromatic heterocycles. The molecular weight excluding hydrogens is 214 g/mol. The van der Waals surface area contributed by atoms with Crippen LogP contribution in [0.3, 0.4) is 0 Å². The SMILES string of the molecule is CN1CCN(C(=O)C2CCCCC2)C(CN)C1. The molecule has 0 aromatic carbocycles. The highest BCUT2D eigenvalue weighted by molar-refractivity contribution is 5.79. The minimum atomic E-state index is 0.225. The van der Waals surface area contributed by atoms with E-state index >= 15 is 0 Å². The Morgan fingerprint density at radius 1 is 1.24 bits per heavy atom. The zero-order valence-electron chi connectivity index (χ0n) is 10.9. The van der Waals surface area contributed by atoms with E-state index in [1.807, 2.05) is 0 Å². The summed E-state index contributed by atoms with van der Waals surface area (Å²) in [7, 11) is 2.10. The first kappa shape index (κ1) is 12.8. The van der Waals surface area contributed by atoms with E-state index in [2.05, 4.69) is 16.8 Å². The van der Waals surface area contributed by atoms with Crippen molar-refractivity contribution in [2.24, 2.45) is 11.7 Å². The first-order valence-electron chi connectivity index (χ1n) is 6.91. The number of hydrogen-bond acceptors (Lipinski definition) is 3. The van der Waals surface area contributed by atoms with Crippen LogP contribution in [-0.4, -0.2) is 55.0 Å². The van der Waals surface area contributed by atoms with Gasteiger partial charge in [0, 0.05) is 32.1 Å². The van der Waals surface area contributed by atoms with Crippen LogP contribution in [0.25, 0.3) is 0 Å². The summed E-state index contributed by atoms with van der Waals surface area (Å²) < 4.78 is 0. The van der Waals surface area contributed by atoms with Gasteiger partial charge in [0.05, 0.1) is 6.04 Å². The second-order valence-corrected chi connectivity index (χ2v) is 5.52. The van der Waals surface area contributed by atoms with Gasteiger partial charge in [0.1, 0.15) is 0 Å². The summed E-state index contributed by atoms with van der Waals surface area (Å²) in [4.78, 5) is 16.8. The van der Waals surface area contributed by atoms with Gasteiger partial charge in [-0.1, -0.05) is 19.3 Å². The predicted octanol–water partition coefficient (Wildman–Crippen LogP) is 0.668. The molecule has 1 saturated carbocycles. The van der Waals surface area contributed by atoms with Crippen molar-refractivity contribution in [1.29, 1.82) is 0 Å². The summed E-state index contributed by atoms with van der Waals surface area (Å²) in [5, 5.41) is 0. The molecule has 4 nitrogen and oxygen atoms in total. The summed E-state index contributed by atoms with van der Waals surface area (Å²) >= 11 is 0. The Morgan fingerprint density at radius 3 is 2.59 bits per heavy atom. The summed E-state index contributed by atoms with van der Waals surface area (Å²) in [6.07, 6.45) is 5.91. The molecule has 1 aliphatic heterocycles. The maximum Gasteiger partial charge on any atom is 0.226 e. The van der Waals surface area contributed by atoms with Gasteiger partial charge >= 0.3 is 0 Å². The zero-order chi connectivity index (χ0) is 12.3. The monoisotopic (exact) mass is 239 g/mol. The number of nitrogens with zero attached hydrogens (tertiary/aromatic N) is 2. The lowest BCUT2D eigenvalue weighted by Gasteiger charge is -2.41. The molecule has 4 heteroatoms. The Balaban J connectivity index is 1.96. The maximum absolute atomic E-state index is 12.5. The van der Waals surface area contributed by atoms with Crippen LogP contribution in [0.2, 0.25) is 0 Å². The highest BCUT2D eigenvalue weighted by Crippen LogP contribution is 2.26. The minimum absolute atomic E-state index is 0.225. The Kier molecular flexibility index (Phi) is 4.40. The number of rotatable bonds is 2. The van der Waals surface area contributed by atoms with Gasteiger partial charge in [0.15, 0.2) is 0 Å². The molecule has 0 spiro atoms. The standard InChI is InChI=1S/C13H25N3O/c1-15-7-8-16(12(9-14)10-15)13(17)11-5-3-2-4-6-11/h11-12H,2-10,14H2,1H3. The number of nitrogens with two attached hydrogens (primary N) is 1. The molecule has 0 aromatic rings. The number of carbonyl (C=O) groups is 1. The fraction of sp³-hybridized carbons (Fsp3) is 0.923. The second kappa shape index (κ2) is 5.83.